The molecule has 7 heteroatoms. The maximum absolute atomic E-state index is 12.9. The van der Waals surface area contributed by atoms with Crippen molar-refractivity contribution in [1.29, 1.82) is 0 Å². The second kappa shape index (κ2) is 9.02. The van der Waals surface area contributed by atoms with Crippen LogP contribution in [-0.2, 0) is 20.8 Å². The number of benzene rings is 1. The molecule has 1 amide bonds. The molecule has 0 fully saturated rings. The van der Waals surface area contributed by atoms with Gasteiger partial charge in [0.2, 0.25) is 6.29 Å². The van der Waals surface area contributed by atoms with Crippen LogP contribution in [0, 0.1) is 5.82 Å². The van der Waals surface area contributed by atoms with Crippen LogP contribution in [0.1, 0.15) is 19.4 Å². The summed E-state index contributed by atoms with van der Waals surface area (Å²) in [7, 11) is 0. The molecule has 0 unspecified atom stereocenters. The summed E-state index contributed by atoms with van der Waals surface area (Å²) in [5.74, 6) is -0.732. The summed E-state index contributed by atoms with van der Waals surface area (Å²) in [6.45, 7) is 4.66. The van der Waals surface area contributed by atoms with E-state index in [1.165, 1.54) is 12.1 Å². The molecule has 0 aliphatic carbocycles. The molecule has 0 radical (unpaired) electrons. The third-order valence-electron chi connectivity index (χ3n) is 2.36. The first-order chi connectivity index (χ1) is 9.58. The van der Waals surface area contributed by atoms with E-state index in [1.54, 1.807) is 19.9 Å². The highest BCUT2D eigenvalue weighted by Crippen LogP contribution is 2.17. The first-order valence-corrected chi connectivity index (χ1v) is 7.07. The number of carbonyl (C=O) groups excluding carboxylic acids is 1. The molecule has 2 N–H and O–H groups in total. The van der Waals surface area contributed by atoms with Gasteiger partial charge in [-0.2, -0.15) is 0 Å². The number of nitrogens with one attached hydrogen (secondary N) is 2. The van der Waals surface area contributed by atoms with E-state index in [2.05, 4.69) is 26.8 Å². The first kappa shape index (κ1) is 17.0. The Hall–Kier alpha value is -1.02. The van der Waals surface area contributed by atoms with Crippen LogP contribution in [0.25, 0.3) is 0 Å². The van der Waals surface area contributed by atoms with Gasteiger partial charge in [0.1, 0.15) is 5.82 Å². The second-order valence-electron chi connectivity index (χ2n) is 3.82. The van der Waals surface area contributed by atoms with Gasteiger partial charge < -0.3 is 9.47 Å². The first-order valence-electron chi connectivity index (χ1n) is 6.28. The maximum atomic E-state index is 12.9. The van der Waals surface area contributed by atoms with Crippen LogP contribution in [0.2, 0.25) is 0 Å². The van der Waals surface area contributed by atoms with Gasteiger partial charge in [0.15, 0.2) is 0 Å². The minimum Gasteiger partial charge on any atom is -0.345 e. The Labute approximate surface area is 125 Å². The van der Waals surface area contributed by atoms with Crippen molar-refractivity contribution in [2.45, 2.75) is 26.7 Å². The van der Waals surface area contributed by atoms with Crippen LogP contribution < -0.4 is 10.9 Å². The minimum absolute atomic E-state index is 0.322. The quantitative estimate of drug-likeness (QED) is 0.558. The van der Waals surface area contributed by atoms with Gasteiger partial charge in [0.05, 0.1) is 0 Å². The lowest BCUT2D eigenvalue weighted by atomic mass is 10.2. The molecule has 0 bridgehead atoms. The Bertz CT molecular complexity index is 440. The standard InChI is InChI=1S/C13H18BrFN2O3/c1-3-19-13(20-4-2)12(18)17-16-8-9-5-6-10(15)7-11(9)14/h5-7,13,16H,3-4,8H2,1-2H3,(H,17,18). The smallest absolute Gasteiger partial charge is 0.291 e. The number of ether oxygens (including phenoxy) is 2. The number of hydrogen-bond donors (Lipinski definition) is 2. The number of amides is 1. The monoisotopic (exact) mass is 348 g/mol. The van der Waals surface area contributed by atoms with Crippen LogP contribution in [0.4, 0.5) is 4.39 Å². The van der Waals surface area contributed by atoms with Crippen molar-refractivity contribution in [3.8, 4) is 0 Å². The van der Waals surface area contributed by atoms with Crippen LogP contribution in [0.5, 0.6) is 0 Å². The lowest BCUT2D eigenvalue weighted by molar-refractivity contribution is -0.171. The summed E-state index contributed by atoms with van der Waals surface area (Å²) in [6, 6.07) is 4.34. The number of halogens is 2. The molecule has 0 aliphatic rings. The van der Waals surface area contributed by atoms with Gasteiger partial charge in [0.25, 0.3) is 5.91 Å². The molecule has 0 atom stereocenters. The molecular weight excluding hydrogens is 331 g/mol. The Morgan fingerprint density at radius 1 is 1.35 bits per heavy atom. The topological polar surface area (TPSA) is 59.6 Å². The van der Waals surface area contributed by atoms with E-state index >= 15 is 0 Å². The molecule has 0 heterocycles. The molecule has 1 rings (SSSR count). The Balaban J connectivity index is 2.44. The number of carbonyl (C=O) groups is 1. The fourth-order valence-electron chi connectivity index (χ4n) is 1.45. The van der Waals surface area contributed by atoms with Crippen molar-refractivity contribution in [2.75, 3.05) is 13.2 Å². The zero-order valence-corrected chi connectivity index (χ0v) is 13.0. The lowest BCUT2D eigenvalue weighted by Crippen LogP contribution is -2.45. The van der Waals surface area contributed by atoms with Crippen molar-refractivity contribution in [3.63, 3.8) is 0 Å². The van der Waals surface area contributed by atoms with Gasteiger partial charge in [0, 0.05) is 24.2 Å². The van der Waals surface area contributed by atoms with Crippen LogP contribution in [0.15, 0.2) is 22.7 Å². The average molecular weight is 349 g/mol. The number of rotatable bonds is 8. The summed E-state index contributed by atoms with van der Waals surface area (Å²) in [5.41, 5.74) is 6.05. The predicted molar refractivity (Wildman–Crippen MR) is 76.1 cm³/mol. The van der Waals surface area contributed by atoms with E-state index in [1.807, 2.05) is 0 Å². The Morgan fingerprint density at radius 2 is 2.00 bits per heavy atom. The molecule has 1 aromatic carbocycles. The van der Waals surface area contributed by atoms with Crippen LogP contribution in [-0.4, -0.2) is 25.4 Å². The second-order valence-corrected chi connectivity index (χ2v) is 4.68. The van der Waals surface area contributed by atoms with Gasteiger partial charge in [-0.1, -0.05) is 22.0 Å². The fraction of sp³-hybridized carbons (Fsp3) is 0.462. The van der Waals surface area contributed by atoms with Gasteiger partial charge in [-0.25, -0.2) is 9.82 Å². The summed E-state index contributed by atoms with van der Waals surface area (Å²) in [6.07, 6.45) is -0.936. The molecular formula is C13H18BrFN2O3. The normalized spacial score (nSPS) is 10.8. The fourth-order valence-corrected chi connectivity index (χ4v) is 1.94. The Kier molecular flexibility index (Phi) is 7.68. The Morgan fingerprint density at radius 3 is 2.55 bits per heavy atom. The van der Waals surface area contributed by atoms with Crippen molar-refractivity contribution in [2.24, 2.45) is 0 Å². The van der Waals surface area contributed by atoms with E-state index in [0.717, 1.165) is 5.56 Å². The molecule has 0 saturated heterocycles. The van der Waals surface area contributed by atoms with Crippen LogP contribution >= 0.6 is 15.9 Å². The van der Waals surface area contributed by atoms with E-state index in [-0.39, 0.29) is 5.82 Å². The van der Waals surface area contributed by atoms with Crippen molar-refractivity contribution < 1.29 is 18.7 Å². The third-order valence-corrected chi connectivity index (χ3v) is 3.09. The molecule has 0 saturated carbocycles. The van der Waals surface area contributed by atoms with Crippen LogP contribution in [0.3, 0.4) is 0 Å². The maximum Gasteiger partial charge on any atom is 0.291 e. The van der Waals surface area contributed by atoms with E-state index in [9.17, 15) is 9.18 Å². The summed E-state index contributed by atoms with van der Waals surface area (Å²) in [4.78, 5) is 11.8. The zero-order chi connectivity index (χ0) is 15.0. The molecule has 112 valence electrons. The minimum atomic E-state index is -0.936. The van der Waals surface area contributed by atoms with E-state index in [4.69, 9.17) is 9.47 Å². The van der Waals surface area contributed by atoms with Gasteiger partial charge in [-0.05, 0) is 31.5 Å². The molecule has 5 nitrogen and oxygen atoms in total. The number of hydrazine groups is 1. The van der Waals surface area contributed by atoms with Crippen molar-refractivity contribution in [3.05, 3.63) is 34.1 Å². The highest BCUT2D eigenvalue weighted by molar-refractivity contribution is 9.10. The SMILES string of the molecule is CCOC(OCC)C(=O)NNCc1ccc(F)cc1Br. The number of hydrogen-bond acceptors (Lipinski definition) is 4. The molecule has 0 aliphatic heterocycles. The molecule has 0 aromatic heterocycles. The summed E-state index contributed by atoms with van der Waals surface area (Å²) in [5, 5.41) is 0. The lowest BCUT2D eigenvalue weighted by Gasteiger charge is -2.17. The highest BCUT2D eigenvalue weighted by atomic mass is 79.9. The predicted octanol–water partition coefficient (Wildman–Crippen LogP) is 2.11. The third kappa shape index (κ3) is 5.54. The van der Waals surface area contributed by atoms with Crippen molar-refractivity contribution >= 4 is 21.8 Å². The van der Waals surface area contributed by atoms with Gasteiger partial charge >= 0.3 is 0 Å². The molecule has 1 aromatic rings. The zero-order valence-electron chi connectivity index (χ0n) is 11.4. The van der Waals surface area contributed by atoms with Gasteiger partial charge in [-0.15, -0.1) is 0 Å². The van der Waals surface area contributed by atoms with Crippen molar-refractivity contribution in [1.82, 2.24) is 10.9 Å². The van der Waals surface area contributed by atoms with E-state index in [0.29, 0.717) is 24.2 Å². The summed E-state index contributed by atoms with van der Waals surface area (Å²) < 4.78 is 23.9. The molecule has 0 spiro atoms. The van der Waals surface area contributed by atoms with Gasteiger partial charge in [-0.3, -0.25) is 10.2 Å². The highest BCUT2D eigenvalue weighted by Gasteiger charge is 2.18. The largest absolute Gasteiger partial charge is 0.345 e. The molecule has 20 heavy (non-hydrogen) atoms. The van der Waals surface area contributed by atoms with E-state index < -0.39 is 12.2 Å². The summed E-state index contributed by atoms with van der Waals surface area (Å²) >= 11 is 3.25. The average Bonchev–Trinajstić information content (AvgIpc) is 2.41.